The van der Waals surface area contributed by atoms with Gasteiger partial charge in [0.25, 0.3) is 11.6 Å². The van der Waals surface area contributed by atoms with Crippen molar-refractivity contribution in [3.63, 3.8) is 0 Å². The first-order chi connectivity index (χ1) is 13.1. The van der Waals surface area contributed by atoms with E-state index >= 15 is 0 Å². The van der Waals surface area contributed by atoms with Crippen LogP contribution in [0.2, 0.25) is 5.02 Å². The first-order valence-corrected chi connectivity index (χ1v) is 8.80. The molecule has 2 heterocycles. The number of rotatable bonds is 4. The van der Waals surface area contributed by atoms with E-state index in [2.05, 4.69) is 20.4 Å². The van der Waals surface area contributed by atoms with Gasteiger partial charge in [-0.25, -0.2) is 9.50 Å². The van der Waals surface area contributed by atoms with E-state index in [-0.39, 0.29) is 18.1 Å². The fourth-order valence-electron chi connectivity index (χ4n) is 2.87. The number of halogens is 4. The molecule has 0 atom stereocenters. The Bertz CT molecular complexity index is 1060. The average Bonchev–Trinajstić information content (AvgIpc) is 3.02. The Morgan fingerprint density at radius 2 is 1.93 bits per heavy atom. The average molecular weight is 412 g/mol. The lowest BCUT2D eigenvalue weighted by atomic mass is 10.1. The number of anilines is 1. The molecule has 0 aliphatic heterocycles. The van der Waals surface area contributed by atoms with Gasteiger partial charge < -0.3 is 5.32 Å². The minimum absolute atomic E-state index is 0.120. The van der Waals surface area contributed by atoms with Crippen molar-refractivity contribution in [3.05, 3.63) is 51.6 Å². The maximum absolute atomic E-state index is 12.9. The van der Waals surface area contributed by atoms with E-state index in [1.54, 1.807) is 32.0 Å². The molecule has 0 radical (unpaired) electrons. The quantitative estimate of drug-likeness (QED) is 0.695. The number of alkyl halides is 3. The minimum atomic E-state index is -4.65. The normalized spacial score (nSPS) is 11.8. The summed E-state index contributed by atoms with van der Waals surface area (Å²) in [5.41, 5.74) is 3.13. The smallest absolute Gasteiger partial charge is 0.326 e. The number of carbonyl (C=O) groups is 1. The molecule has 0 saturated heterocycles. The third-order valence-electron chi connectivity index (χ3n) is 4.38. The van der Waals surface area contributed by atoms with Gasteiger partial charge in [0.05, 0.1) is 0 Å². The van der Waals surface area contributed by atoms with Crippen molar-refractivity contribution in [1.82, 2.24) is 19.6 Å². The SMILES string of the molecule is Cc1ccc(Cl)cc1NC(=O)CCc1c(C)nc2nc(C(F)(F)F)nn2c1C. The van der Waals surface area contributed by atoms with E-state index in [9.17, 15) is 18.0 Å². The lowest BCUT2D eigenvalue weighted by molar-refractivity contribution is -0.144. The van der Waals surface area contributed by atoms with Crippen LogP contribution in [0.15, 0.2) is 18.2 Å². The highest BCUT2D eigenvalue weighted by molar-refractivity contribution is 6.31. The summed E-state index contributed by atoms with van der Waals surface area (Å²) in [5.74, 6) is -1.60. The highest BCUT2D eigenvalue weighted by Crippen LogP contribution is 2.27. The third kappa shape index (κ3) is 4.09. The van der Waals surface area contributed by atoms with Crippen LogP contribution in [0.25, 0.3) is 5.78 Å². The lowest BCUT2D eigenvalue weighted by Gasteiger charge is -2.11. The number of fused-ring (bicyclic) bond motifs is 1. The summed E-state index contributed by atoms with van der Waals surface area (Å²) in [6.45, 7) is 5.15. The third-order valence-corrected chi connectivity index (χ3v) is 4.61. The molecule has 0 fully saturated rings. The summed E-state index contributed by atoms with van der Waals surface area (Å²) in [6.07, 6.45) is -4.22. The van der Waals surface area contributed by atoms with Crippen LogP contribution in [0, 0.1) is 20.8 Å². The first kappa shape index (κ1) is 20.1. The van der Waals surface area contributed by atoms with Crippen LogP contribution in [0.3, 0.4) is 0 Å². The molecule has 28 heavy (non-hydrogen) atoms. The van der Waals surface area contributed by atoms with Crippen LogP contribution in [0.4, 0.5) is 18.9 Å². The number of benzene rings is 1. The van der Waals surface area contributed by atoms with Crippen LogP contribution in [0.1, 0.15) is 34.8 Å². The fraction of sp³-hybridized carbons (Fsp3) is 0.333. The molecule has 0 saturated carbocycles. The molecule has 3 aromatic rings. The molecule has 0 aliphatic rings. The number of aromatic nitrogens is 4. The van der Waals surface area contributed by atoms with Gasteiger partial charge in [0.15, 0.2) is 0 Å². The Hall–Kier alpha value is -2.68. The van der Waals surface area contributed by atoms with Crippen LogP contribution >= 0.6 is 11.6 Å². The molecular formula is C18H17ClF3N5O. The predicted molar refractivity (Wildman–Crippen MR) is 98.4 cm³/mol. The van der Waals surface area contributed by atoms with Crippen LogP contribution in [-0.2, 0) is 17.4 Å². The summed E-state index contributed by atoms with van der Waals surface area (Å²) in [7, 11) is 0. The summed E-state index contributed by atoms with van der Waals surface area (Å²) >= 11 is 5.95. The number of amides is 1. The van der Waals surface area contributed by atoms with Gasteiger partial charge in [0, 0.05) is 28.5 Å². The Morgan fingerprint density at radius 1 is 1.21 bits per heavy atom. The standard InChI is InChI=1S/C18H17ClF3N5O/c1-9-4-5-12(19)8-14(9)24-15(28)7-6-13-10(2)23-17-25-16(18(20,21)22)26-27(17)11(13)3/h4-5,8H,6-7H2,1-3H3,(H,24,28). The number of nitrogens with one attached hydrogen (secondary N) is 1. The maximum Gasteiger partial charge on any atom is 0.453 e. The Labute approximate surface area is 163 Å². The van der Waals surface area contributed by atoms with E-state index in [4.69, 9.17) is 11.6 Å². The van der Waals surface area contributed by atoms with Crippen molar-refractivity contribution in [1.29, 1.82) is 0 Å². The van der Waals surface area contributed by atoms with Crippen LogP contribution in [0.5, 0.6) is 0 Å². The molecule has 0 bridgehead atoms. The number of aryl methyl sites for hydroxylation is 3. The zero-order valence-corrected chi connectivity index (χ0v) is 16.1. The van der Waals surface area contributed by atoms with E-state index in [0.29, 0.717) is 34.1 Å². The highest BCUT2D eigenvalue weighted by atomic mass is 35.5. The van der Waals surface area contributed by atoms with Gasteiger partial charge in [-0.2, -0.15) is 18.2 Å². The lowest BCUT2D eigenvalue weighted by Crippen LogP contribution is -2.15. The second-order valence-electron chi connectivity index (χ2n) is 6.41. The first-order valence-electron chi connectivity index (χ1n) is 8.42. The zero-order valence-electron chi connectivity index (χ0n) is 15.4. The number of hydrogen-bond donors (Lipinski definition) is 1. The molecule has 1 amide bonds. The maximum atomic E-state index is 12.9. The van der Waals surface area contributed by atoms with Crippen molar-refractivity contribution in [2.75, 3.05) is 5.32 Å². The van der Waals surface area contributed by atoms with Gasteiger partial charge in [-0.3, -0.25) is 4.79 Å². The second-order valence-corrected chi connectivity index (χ2v) is 6.85. The molecule has 0 spiro atoms. The molecule has 10 heteroatoms. The Balaban J connectivity index is 1.80. The number of nitrogens with zero attached hydrogens (tertiary/aromatic N) is 4. The minimum Gasteiger partial charge on any atom is -0.326 e. The largest absolute Gasteiger partial charge is 0.453 e. The molecule has 0 aliphatic carbocycles. The molecule has 2 aromatic heterocycles. The zero-order chi connectivity index (χ0) is 20.6. The molecule has 1 N–H and O–H groups in total. The molecule has 6 nitrogen and oxygen atoms in total. The summed E-state index contributed by atoms with van der Waals surface area (Å²) < 4.78 is 39.6. The van der Waals surface area contributed by atoms with E-state index < -0.39 is 12.0 Å². The monoisotopic (exact) mass is 411 g/mol. The Morgan fingerprint density at radius 3 is 2.61 bits per heavy atom. The van der Waals surface area contributed by atoms with Crippen molar-refractivity contribution in [2.24, 2.45) is 0 Å². The molecule has 3 rings (SSSR count). The Kier molecular flexibility index (Phi) is 5.29. The molecular weight excluding hydrogens is 395 g/mol. The number of carbonyl (C=O) groups excluding carboxylic acids is 1. The van der Waals surface area contributed by atoms with E-state index in [1.807, 2.05) is 6.92 Å². The summed E-state index contributed by atoms with van der Waals surface area (Å²) in [4.78, 5) is 19.9. The van der Waals surface area contributed by atoms with Gasteiger partial charge in [0.2, 0.25) is 5.91 Å². The number of hydrogen-bond acceptors (Lipinski definition) is 4. The van der Waals surface area contributed by atoms with Crippen molar-refractivity contribution in [3.8, 4) is 0 Å². The predicted octanol–water partition coefficient (Wildman–Crippen LogP) is 4.29. The second kappa shape index (κ2) is 7.38. The molecule has 1 aromatic carbocycles. The van der Waals surface area contributed by atoms with Gasteiger partial charge in [-0.05, 0) is 50.5 Å². The fourth-order valence-corrected chi connectivity index (χ4v) is 3.04. The van der Waals surface area contributed by atoms with Gasteiger partial charge >= 0.3 is 6.18 Å². The molecule has 0 unspecified atom stereocenters. The summed E-state index contributed by atoms with van der Waals surface area (Å²) in [5, 5.41) is 6.81. The van der Waals surface area contributed by atoms with Crippen molar-refractivity contribution >= 4 is 29.0 Å². The molecule has 148 valence electrons. The van der Waals surface area contributed by atoms with Gasteiger partial charge in [-0.1, -0.05) is 17.7 Å². The van der Waals surface area contributed by atoms with Crippen molar-refractivity contribution < 1.29 is 18.0 Å². The van der Waals surface area contributed by atoms with Crippen LogP contribution in [-0.4, -0.2) is 25.5 Å². The topological polar surface area (TPSA) is 72.2 Å². The van der Waals surface area contributed by atoms with Gasteiger partial charge in [0.1, 0.15) is 0 Å². The van der Waals surface area contributed by atoms with Gasteiger partial charge in [-0.15, -0.1) is 5.10 Å². The van der Waals surface area contributed by atoms with Crippen molar-refractivity contribution in [2.45, 2.75) is 39.8 Å². The summed E-state index contributed by atoms with van der Waals surface area (Å²) in [6, 6.07) is 5.19. The highest BCUT2D eigenvalue weighted by Gasteiger charge is 2.36. The van der Waals surface area contributed by atoms with E-state index in [0.717, 1.165) is 10.1 Å². The van der Waals surface area contributed by atoms with E-state index in [1.165, 1.54) is 0 Å². The van der Waals surface area contributed by atoms with Crippen LogP contribution < -0.4 is 5.32 Å².